The average Bonchev–Trinajstić information content (AvgIpc) is 2.38. The van der Waals surface area contributed by atoms with E-state index < -0.39 is 22.6 Å². The van der Waals surface area contributed by atoms with Gasteiger partial charge in [0.2, 0.25) is 10.9 Å². The Balaban J connectivity index is 2.51. The SMILES string of the molecule is CC1CCC(NC(=O)OC(C)(C)C)CCN1[SH](=O)=O. The molecule has 1 saturated heterocycles. The largest absolute Gasteiger partial charge is 0.444 e. The summed E-state index contributed by atoms with van der Waals surface area (Å²) in [7, 11) is -2.55. The van der Waals surface area contributed by atoms with Crippen molar-refractivity contribution in [2.24, 2.45) is 0 Å². The van der Waals surface area contributed by atoms with E-state index in [0.29, 0.717) is 13.0 Å². The Morgan fingerprint density at radius 2 is 1.89 bits per heavy atom. The second-order valence-corrected chi connectivity index (χ2v) is 6.95. The highest BCUT2D eigenvalue weighted by molar-refractivity contribution is 7.69. The molecular weight excluding hydrogens is 268 g/mol. The summed E-state index contributed by atoms with van der Waals surface area (Å²) in [5, 5.41) is 2.81. The fourth-order valence-electron chi connectivity index (χ4n) is 2.11. The highest BCUT2D eigenvalue weighted by atomic mass is 32.2. The van der Waals surface area contributed by atoms with Gasteiger partial charge < -0.3 is 10.1 Å². The zero-order valence-electron chi connectivity index (χ0n) is 12.0. The first kappa shape index (κ1) is 16.2. The van der Waals surface area contributed by atoms with Crippen LogP contribution in [0.25, 0.3) is 0 Å². The smallest absolute Gasteiger partial charge is 0.407 e. The van der Waals surface area contributed by atoms with Gasteiger partial charge in [-0.05, 0) is 47.0 Å². The van der Waals surface area contributed by atoms with Gasteiger partial charge in [0.15, 0.2) is 0 Å². The van der Waals surface area contributed by atoms with Crippen LogP contribution in [0, 0.1) is 0 Å². The molecule has 0 aromatic carbocycles. The number of carbonyl (C=O) groups is 1. The van der Waals surface area contributed by atoms with Gasteiger partial charge in [-0.2, -0.15) is 0 Å². The number of nitrogens with one attached hydrogen (secondary N) is 1. The van der Waals surface area contributed by atoms with E-state index in [1.807, 2.05) is 27.7 Å². The molecule has 1 fully saturated rings. The molecule has 1 N–H and O–H groups in total. The number of hydrogen-bond donors (Lipinski definition) is 2. The van der Waals surface area contributed by atoms with Gasteiger partial charge >= 0.3 is 6.09 Å². The lowest BCUT2D eigenvalue weighted by Gasteiger charge is -2.22. The lowest BCUT2D eigenvalue weighted by atomic mass is 10.1. The number of alkyl carbamates (subject to hydrolysis) is 1. The summed E-state index contributed by atoms with van der Waals surface area (Å²) in [6.07, 6.45) is 1.68. The Bertz CT molecular complexity index is 382. The summed E-state index contributed by atoms with van der Waals surface area (Å²) in [6.45, 7) is 7.77. The molecule has 0 spiro atoms. The van der Waals surface area contributed by atoms with Crippen LogP contribution in [0.3, 0.4) is 0 Å². The molecule has 1 aliphatic rings. The van der Waals surface area contributed by atoms with Gasteiger partial charge in [-0.15, -0.1) is 0 Å². The molecule has 1 amide bonds. The van der Waals surface area contributed by atoms with Gasteiger partial charge in [-0.25, -0.2) is 17.5 Å². The van der Waals surface area contributed by atoms with E-state index in [2.05, 4.69) is 5.32 Å². The third kappa shape index (κ3) is 5.78. The standard InChI is InChI=1S/C12H24N2O4S/c1-9-5-6-10(7-8-14(9)19(16)17)13-11(15)18-12(2,3)4/h9-10,19H,5-8H2,1-4H3,(H,13,15). The van der Waals surface area contributed by atoms with Crippen molar-refractivity contribution < 1.29 is 17.9 Å². The average molecular weight is 292 g/mol. The first-order chi connectivity index (χ1) is 8.69. The van der Waals surface area contributed by atoms with Crippen LogP contribution in [0.1, 0.15) is 47.0 Å². The maximum Gasteiger partial charge on any atom is 0.407 e. The maximum atomic E-state index is 11.7. The van der Waals surface area contributed by atoms with E-state index in [9.17, 15) is 13.2 Å². The van der Waals surface area contributed by atoms with Crippen LogP contribution >= 0.6 is 0 Å². The third-order valence-electron chi connectivity index (χ3n) is 3.08. The minimum Gasteiger partial charge on any atom is -0.444 e. The summed E-state index contributed by atoms with van der Waals surface area (Å²) in [5.41, 5.74) is -0.521. The van der Waals surface area contributed by atoms with E-state index >= 15 is 0 Å². The number of rotatable bonds is 2. The maximum absolute atomic E-state index is 11.7. The summed E-state index contributed by atoms with van der Waals surface area (Å²) < 4.78 is 28.8. The molecular formula is C12H24N2O4S. The lowest BCUT2D eigenvalue weighted by Crippen LogP contribution is -2.39. The van der Waals surface area contributed by atoms with Crippen molar-refractivity contribution >= 4 is 17.0 Å². The quantitative estimate of drug-likeness (QED) is 0.752. The fraction of sp³-hybridized carbons (Fsp3) is 0.917. The summed E-state index contributed by atoms with van der Waals surface area (Å²) in [4.78, 5) is 11.7. The predicted octanol–water partition coefficient (Wildman–Crippen LogP) is 1.28. The van der Waals surface area contributed by atoms with E-state index in [1.165, 1.54) is 4.31 Å². The van der Waals surface area contributed by atoms with Crippen molar-refractivity contribution in [1.29, 1.82) is 0 Å². The lowest BCUT2D eigenvalue weighted by molar-refractivity contribution is 0.0500. The molecule has 1 heterocycles. The summed E-state index contributed by atoms with van der Waals surface area (Å²) >= 11 is 0. The summed E-state index contributed by atoms with van der Waals surface area (Å²) in [5.74, 6) is 0. The monoisotopic (exact) mass is 292 g/mol. The van der Waals surface area contributed by atoms with Crippen LogP contribution in [0.2, 0.25) is 0 Å². The second kappa shape index (κ2) is 6.56. The second-order valence-electron chi connectivity index (χ2n) is 5.96. The fourth-order valence-corrected chi connectivity index (χ4v) is 2.82. The highest BCUT2D eigenvalue weighted by Crippen LogP contribution is 2.17. The Kier molecular flexibility index (Phi) is 5.61. The van der Waals surface area contributed by atoms with Gasteiger partial charge in [0.1, 0.15) is 5.60 Å². The number of thiol groups is 1. The van der Waals surface area contributed by atoms with Gasteiger partial charge in [0.05, 0.1) is 0 Å². The first-order valence-electron chi connectivity index (χ1n) is 6.59. The molecule has 19 heavy (non-hydrogen) atoms. The first-order valence-corrected chi connectivity index (χ1v) is 7.72. The minimum absolute atomic E-state index is 0.00783. The van der Waals surface area contributed by atoms with Crippen LogP contribution in [-0.4, -0.2) is 43.0 Å². The van der Waals surface area contributed by atoms with Crippen molar-refractivity contribution in [1.82, 2.24) is 9.62 Å². The molecule has 7 heteroatoms. The van der Waals surface area contributed by atoms with Gasteiger partial charge in [0, 0.05) is 18.6 Å². The number of hydrogen-bond acceptors (Lipinski definition) is 4. The van der Waals surface area contributed by atoms with Gasteiger partial charge in [-0.1, -0.05) is 0 Å². The van der Waals surface area contributed by atoms with E-state index in [-0.39, 0.29) is 12.1 Å². The number of nitrogens with zero attached hydrogens (tertiary/aromatic N) is 1. The molecule has 0 saturated carbocycles. The third-order valence-corrected chi connectivity index (χ3v) is 4.09. The van der Waals surface area contributed by atoms with Gasteiger partial charge in [-0.3, -0.25) is 0 Å². The predicted molar refractivity (Wildman–Crippen MR) is 73.5 cm³/mol. The Hall–Kier alpha value is -0.820. The van der Waals surface area contributed by atoms with E-state index in [1.54, 1.807) is 0 Å². The molecule has 2 unspecified atom stereocenters. The summed E-state index contributed by atoms with van der Waals surface area (Å²) in [6, 6.07) is -0.0382. The van der Waals surface area contributed by atoms with E-state index in [4.69, 9.17) is 4.74 Å². The zero-order chi connectivity index (χ0) is 14.6. The van der Waals surface area contributed by atoms with E-state index in [0.717, 1.165) is 12.8 Å². The zero-order valence-corrected chi connectivity index (χ0v) is 12.9. The van der Waals surface area contributed by atoms with Crippen LogP contribution in [-0.2, 0) is 15.6 Å². The molecule has 1 aliphatic heterocycles. The van der Waals surface area contributed by atoms with Crippen molar-refractivity contribution in [2.75, 3.05) is 6.54 Å². The van der Waals surface area contributed by atoms with Crippen molar-refractivity contribution in [3.8, 4) is 0 Å². The number of amides is 1. The van der Waals surface area contributed by atoms with Crippen LogP contribution < -0.4 is 5.32 Å². The molecule has 1 rings (SSSR count). The Morgan fingerprint density at radius 3 is 2.42 bits per heavy atom. The molecule has 2 atom stereocenters. The van der Waals surface area contributed by atoms with Crippen molar-refractivity contribution in [3.05, 3.63) is 0 Å². The van der Waals surface area contributed by atoms with Gasteiger partial charge in [0.25, 0.3) is 0 Å². The number of carbonyl (C=O) groups excluding carboxylic acids is 1. The normalized spacial score (nSPS) is 25.9. The molecule has 0 aromatic heterocycles. The molecule has 6 nitrogen and oxygen atoms in total. The van der Waals surface area contributed by atoms with Crippen LogP contribution in [0.5, 0.6) is 0 Å². The van der Waals surface area contributed by atoms with Crippen LogP contribution in [0.15, 0.2) is 0 Å². The Labute approximate surface area is 116 Å². The molecule has 0 aromatic rings. The van der Waals surface area contributed by atoms with Crippen molar-refractivity contribution in [2.45, 2.75) is 64.6 Å². The van der Waals surface area contributed by atoms with Crippen LogP contribution in [0.4, 0.5) is 4.79 Å². The minimum atomic E-state index is -2.55. The van der Waals surface area contributed by atoms with Crippen molar-refractivity contribution in [3.63, 3.8) is 0 Å². The highest BCUT2D eigenvalue weighted by Gasteiger charge is 2.26. The Morgan fingerprint density at radius 1 is 1.26 bits per heavy atom. The molecule has 0 aliphatic carbocycles. The topological polar surface area (TPSA) is 75.7 Å². The molecule has 112 valence electrons. The molecule has 0 radical (unpaired) electrons. The molecule has 0 bridgehead atoms. The number of ether oxygens (including phenoxy) is 1.